The molecule has 1 aliphatic rings. The summed E-state index contributed by atoms with van der Waals surface area (Å²) in [6.45, 7) is 0. The lowest BCUT2D eigenvalue weighted by Crippen LogP contribution is -2.22. The highest BCUT2D eigenvalue weighted by Crippen LogP contribution is 2.41. The van der Waals surface area contributed by atoms with Gasteiger partial charge in [0.25, 0.3) is 0 Å². The molecule has 1 aromatic carbocycles. The standard InChI is InChI=1S/C13H14F3NO2/c14-13(15,16)11-9(6-3-7-10(11)18)17-12(19)8-4-1-2-5-8/h3,6-8,18H,1-2,4-5H2,(H,17,19). The zero-order valence-electron chi connectivity index (χ0n) is 10.1. The summed E-state index contributed by atoms with van der Waals surface area (Å²) in [5, 5.41) is 11.6. The van der Waals surface area contributed by atoms with E-state index in [1.165, 1.54) is 6.07 Å². The molecule has 0 bridgehead atoms. The smallest absolute Gasteiger partial charge is 0.421 e. The summed E-state index contributed by atoms with van der Waals surface area (Å²) in [6, 6.07) is 3.37. The maximum atomic E-state index is 12.8. The van der Waals surface area contributed by atoms with Crippen molar-refractivity contribution in [2.24, 2.45) is 5.92 Å². The summed E-state index contributed by atoms with van der Waals surface area (Å²) in [4.78, 5) is 11.8. The van der Waals surface area contributed by atoms with Crippen molar-refractivity contribution in [1.29, 1.82) is 0 Å². The van der Waals surface area contributed by atoms with Crippen molar-refractivity contribution in [2.75, 3.05) is 5.32 Å². The van der Waals surface area contributed by atoms with Crippen LogP contribution in [0.3, 0.4) is 0 Å². The zero-order valence-corrected chi connectivity index (χ0v) is 10.1. The lowest BCUT2D eigenvalue weighted by molar-refractivity contribution is -0.138. The van der Waals surface area contributed by atoms with Gasteiger partial charge in [0, 0.05) is 5.92 Å². The van der Waals surface area contributed by atoms with Crippen LogP contribution in [0.2, 0.25) is 0 Å². The fourth-order valence-corrected chi connectivity index (χ4v) is 2.37. The highest BCUT2D eigenvalue weighted by Gasteiger charge is 2.37. The Labute approximate surface area is 108 Å². The average Bonchev–Trinajstić information content (AvgIpc) is 2.80. The molecule has 3 nitrogen and oxygen atoms in total. The second kappa shape index (κ2) is 5.11. The molecule has 0 aromatic heterocycles. The van der Waals surface area contributed by atoms with E-state index in [0.29, 0.717) is 12.8 Å². The summed E-state index contributed by atoms with van der Waals surface area (Å²) in [7, 11) is 0. The molecule has 0 spiro atoms. The number of benzene rings is 1. The molecule has 1 amide bonds. The monoisotopic (exact) mass is 273 g/mol. The number of phenolic OH excluding ortho intramolecular Hbond substituents is 1. The van der Waals surface area contributed by atoms with Gasteiger partial charge < -0.3 is 10.4 Å². The van der Waals surface area contributed by atoms with Gasteiger partial charge in [0.05, 0.1) is 5.69 Å². The van der Waals surface area contributed by atoms with Gasteiger partial charge in [-0.3, -0.25) is 4.79 Å². The van der Waals surface area contributed by atoms with Crippen molar-refractivity contribution >= 4 is 11.6 Å². The Morgan fingerprint density at radius 2 is 1.89 bits per heavy atom. The molecule has 1 saturated carbocycles. The molecule has 0 heterocycles. The van der Waals surface area contributed by atoms with Gasteiger partial charge in [-0.05, 0) is 25.0 Å². The maximum absolute atomic E-state index is 12.8. The Hall–Kier alpha value is -1.72. The number of nitrogens with one attached hydrogen (secondary N) is 1. The third-order valence-corrected chi connectivity index (χ3v) is 3.31. The first-order valence-electron chi connectivity index (χ1n) is 6.09. The Bertz CT molecular complexity index is 479. The summed E-state index contributed by atoms with van der Waals surface area (Å²) in [6.07, 6.45) is -1.46. The topological polar surface area (TPSA) is 49.3 Å². The predicted molar refractivity (Wildman–Crippen MR) is 63.7 cm³/mol. The number of carbonyl (C=O) groups is 1. The summed E-state index contributed by atoms with van der Waals surface area (Å²) >= 11 is 0. The molecule has 0 aliphatic heterocycles. The van der Waals surface area contributed by atoms with Crippen LogP contribution in [0.1, 0.15) is 31.2 Å². The fraction of sp³-hybridized carbons (Fsp3) is 0.462. The largest absolute Gasteiger partial charge is 0.507 e. The van der Waals surface area contributed by atoms with Crippen molar-refractivity contribution in [3.8, 4) is 5.75 Å². The SMILES string of the molecule is O=C(Nc1cccc(O)c1C(F)(F)F)C1CCCC1. The number of alkyl halides is 3. The molecule has 19 heavy (non-hydrogen) atoms. The molecule has 1 aromatic rings. The van der Waals surface area contributed by atoms with E-state index in [4.69, 9.17) is 0 Å². The van der Waals surface area contributed by atoms with Crippen molar-refractivity contribution < 1.29 is 23.1 Å². The first-order chi connectivity index (χ1) is 8.89. The number of aromatic hydroxyl groups is 1. The Morgan fingerprint density at radius 1 is 1.26 bits per heavy atom. The summed E-state index contributed by atoms with van der Waals surface area (Å²) in [5.41, 5.74) is -1.58. The second-order valence-electron chi connectivity index (χ2n) is 4.67. The van der Waals surface area contributed by atoms with Gasteiger partial charge in [-0.25, -0.2) is 0 Å². The van der Waals surface area contributed by atoms with Crippen molar-refractivity contribution in [3.05, 3.63) is 23.8 Å². The van der Waals surface area contributed by atoms with Gasteiger partial charge in [0.2, 0.25) is 5.91 Å². The van der Waals surface area contributed by atoms with Crippen LogP contribution in [0.4, 0.5) is 18.9 Å². The van der Waals surface area contributed by atoms with E-state index >= 15 is 0 Å². The lowest BCUT2D eigenvalue weighted by Gasteiger charge is -2.16. The van der Waals surface area contributed by atoms with Crippen LogP contribution in [0.15, 0.2) is 18.2 Å². The minimum absolute atomic E-state index is 0.233. The Kier molecular flexibility index (Phi) is 3.68. The van der Waals surface area contributed by atoms with Gasteiger partial charge in [0.15, 0.2) is 0 Å². The quantitative estimate of drug-likeness (QED) is 0.865. The summed E-state index contributed by atoms with van der Waals surface area (Å²) < 4.78 is 38.5. The number of carbonyl (C=O) groups excluding carboxylic acids is 1. The molecule has 1 aliphatic carbocycles. The first-order valence-corrected chi connectivity index (χ1v) is 6.09. The number of anilines is 1. The molecule has 6 heteroatoms. The highest BCUT2D eigenvalue weighted by atomic mass is 19.4. The molecular weight excluding hydrogens is 259 g/mol. The minimum Gasteiger partial charge on any atom is -0.507 e. The van der Waals surface area contributed by atoms with Crippen LogP contribution >= 0.6 is 0 Å². The molecule has 0 atom stereocenters. The number of phenols is 1. The van der Waals surface area contributed by atoms with E-state index in [0.717, 1.165) is 25.0 Å². The van der Waals surface area contributed by atoms with Crippen LogP contribution in [-0.4, -0.2) is 11.0 Å². The normalized spacial score (nSPS) is 16.6. The van der Waals surface area contributed by atoms with E-state index in [2.05, 4.69) is 5.32 Å². The molecule has 1 fully saturated rings. The second-order valence-corrected chi connectivity index (χ2v) is 4.67. The third-order valence-electron chi connectivity index (χ3n) is 3.31. The van der Waals surface area contributed by atoms with Crippen LogP contribution in [0, 0.1) is 5.92 Å². The van der Waals surface area contributed by atoms with Gasteiger partial charge in [-0.15, -0.1) is 0 Å². The fourth-order valence-electron chi connectivity index (χ4n) is 2.37. The first kappa shape index (κ1) is 13.7. The molecule has 2 N–H and O–H groups in total. The predicted octanol–water partition coefficient (Wildman–Crippen LogP) is 3.54. The van der Waals surface area contributed by atoms with E-state index in [9.17, 15) is 23.1 Å². The van der Waals surface area contributed by atoms with Crippen molar-refractivity contribution in [3.63, 3.8) is 0 Å². The summed E-state index contributed by atoms with van der Waals surface area (Å²) in [5.74, 6) is -1.52. The van der Waals surface area contributed by atoms with Crippen LogP contribution in [-0.2, 0) is 11.0 Å². The molecule has 0 radical (unpaired) electrons. The van der Waals surface area contributed by atoms with E-state index in [1.807, 2.05) is 0 Å². The van der Waals surface area contributed by atoms with Gasteiger partial charge in [-0.2, -0.15) is 13.2 Å². The van der Waals surface area contributed by atoms with Crippen LogP contribution in [0.5, 0.6) is 5.75 Å². The number of hydrogen-bond donors (Lipinski definition) is 2. The van der Waals surface area contributed by atoms with E-state index in [1.54, 1.807) is 0 Å². The van der Waals surface area contributed by atoms with Crippen LogP contribution < -0.4 is 5.32 Å². The molecular formula is C13H14F3NO2. The Morgan fingerprint density at radius 3 is 2.47 bits per heavy atom. The van der Waals surface area contributed by atoms with E-state index < -0.39 is 23.4 Å². The Balaban J connectivity index is 2.25. The molecule has 0 saturated heterocycles. The molecule has 104 valence electrons. The van der Waals surface area contributed by atoms with Gasteiger partial charge in [0.1, 0.15) is 11.3 Å². The minimum atomic E-state index is -4.70. The van der Waals surface area contributed by atoms with Crippen LogP contribution in [0.25, 0.3) is 0 Å². The molecule has 2 rings (SSSR count). The van der Waals surface area contributed by atoms with E-state index in [-0.39, 0.29) is 11.6 Å². The van der Waals surface area contributed by atoms with Gasteiger partial charge in [-0.1, -0.05) is 18.9 Å². The maximum Gasteiger partial charge on any atom is 0.421 e. The zero-order chi connectivity index (χ0) is 14.0. The number of rotatable bonds is 2. The molecule has 0 unspecified atom stereocenters. The number of amides is 1. The third kappa shape index (κ3) is 3.00. The average molecular weight is 273 g/mol. The van der Waals surface area contributed by atoms with Crippen molar-refractivity contribution in [1.82, 2.24) is 0 Å². The van der Waals surface area contributed by atoms with Gasteiger partial charge >= 0.3 is 6.18 Å². The number of hydrogen-bond acceptors (Lipinski definition) is 2. The highest BCUT2D eigenvalue weighted by molar-refractivity contribution is 5.93. The number of halogens is 3. The van der Waals surface area contributed by atoms with Crippen molar-refractivity contribution in [2.45, 2.75) is 31.9 Å². The lowest BCUT2D eigenvalue weighted by atomic mass is 10.1.